The number of benzene rings is 3. The fraction of sp³-hybridized carbons (Fsp3) is 0.258. The summed E-state index contributed by atoms with van der Waals surface area (Å²) in [7, 11) is 5.04. The van der Waals surface area contributed by atoms with Crippen molar-refractivity contribution in [1.29, 1.82) is 0 Å². The average molecular weight is 525 g/mol. The van der Waals surface area contributed by atoms with Crippen LogP contribution in [0.1, 0.15) is 32.0 Å². The topological polar surface area (TPSA) is 86.0 Å². The molecule has 8 heteroatoms. The molecule has 0 spiro atoms. The summed E-state index contributed by atoms with van der Waals surface area (Å²) < 4.78 is 5.31. The normalized spacial score (nSPS) is 15.5. The molecular weight excluding hydrogens is 492 g/mol. The van der Waals surface area contributed by atoms with E-state index in [4.69, 9.17) is 4.74 Å². The Hall–Kier alpha value is -4.59. The fourth-order valence-electron chi connectivity index (χ4n) is 5.09. The number of aromatic nitrogens is 1. The van der Waals surface area contributed by atoms with Crippen molar-refractivity contribution in [2.24, 2.45) is 0 Å². The van der Waals surface area contributed by atoms with Crippen molar-refractivity contribution >= 4 is 28.6 Å². The molecule has 3 amide bonds. The Kier molecular flexibility index (Phi) is 7.36. The first kappa shape index (κ1) is 26.0. The molecule has 5 rings (SSSR count). The number of hydrogen-bond donors (Lipinski definition) is 1. The number of nitrogens with one attached hydrogen (secondary N) is 1. The van der Waals surface area contributed by atoms with Crippen molar-refractivity contribution in [3.63, 3.8) is 0 Å². The molecule has 2 heterocycles. The van der Waals surface area contributed by atoms with Crippen LogP contribution in [0.4, 0.5) is 0 Å². The molecule has 1 atom stereocenters. The van der Waals surface area contributed by atoms with Gasteiger partial charge in [-0.05, 0) is 53.9 Å². The first-order valence-electron chi connectivity index (χ1n) is 12.9. The second-order valence-electron chi connectivity index (χ2n) is 10.1. The molecule has 8 nitrogen and oxygen atoms in total. The minimum absolute atomic E-state index is 0.0148. The molecule has 39 heavy (non-hydrogen) atoms. The predicted octanol–water partition coefficient (Wildman–Crippen LogP) is 3.97. The zero-order valence-corrected chi connectivity index (χ0v) is 22.4. The lowest BCUT2D eigenvalue weighted by Gasteiger charge is -2.41. The monoisotopic (exact) mass is 524 g/mol. The fourth-order valence-corrected chi connectivity index (χ4v) is 5.09. The van der Waals surface area contributed by atoms with Crippen molar-refractivity contribution in [3.05, 3.63) is 101 Å². The molecule has 200 valence electrons. The van der Waals surface area contributed by atoms with Gasteiger partial charge in [0.2, 0.25) is 5.91 Å². The van der Waals surface area contributed by atoms with Crippen LogP contribution >= 0.6 is 0 Å². The highest BCUT2D eigenvalue weighted by Gasteiger charge is 2.35. The molecule has 1 fully saturated rings. The van der Waals surface area contributed by atoms with Gasteiger partial charge in [-0.3, -0.25) is 14.4 Å². The number of amides is 3. The number of carbonyl (C=O) groups is 3. The number of methoxy groups -OCH3 is 1. The average Bonchev–Trinajstić information content (AvgIpc) is 3.38. The van der Waals surface area contributed by atoms with Gasteiger partial charge in [0, 0.05) is 43.7 Å². The van der Waals surface area contributed by atoms with Gasteiger partial charge in [0.25, 0.3) is 11.8 Å². The number of carbonyl (C=O) groups excluding carboxylic acids is 3. The standard InChI is InChI=1S/C31H32N4O4/c1-33(2)30(37)23-11-7-10-22(14-23)18-35-25(15-21-8-5-4-6-9-21)19-34(20-29(35)36)31(38)28-17-24-16-26(39-3)12-13-27(24)32-28/h4-14,16-17,25,32H,15,18-20H2,1-3H3/t25-/m0/s1. The van der Waals surface area contributed by atoms with Crippen molar-refractivity contribution in [3.8, 4) is 5.75 Å². The number of hydrogen-bond acceptors (Lipinski definition) is 4. The molecule has 1 aliphatic rings. The van der Waals surface area contributed by atoms with Crippen molar-refractivity contribution in [1.82, 2.24) is 19.7 Å². The molecule has 0 saturated carbocycles. The van der Waals surface area contributed by atoms with Crippen LogP contribution in [0.5, 0.6) is 5.75 Å². The van der Waals surface area contributed by atoms with E-state index in [0.717, 1.165) is 22.0 Å². The highest BCUT2D eigenvalue weighted by molar-refractivity contribution is 6.00. The molecular formula is C31H32N4O4. The maximum atomic E-state index is 13.6. The van der Waals surface area contributed by atoms with E-state index in [1.165, 1.54) is 4.90 Å². The first-order chi connectivity index (χ1) is 18.8. The van der Waals surface area contributed by atoms with Crippen molar-refractivity contribution < 1.29 is 19.1 Å². The zero-order valence-electron chi connectivity index (χ0n) is 22.4. The minimum Gasteiger partial charge on any atom is -0.497 e. The third kappa shape index (κ3) is 5.65. The van der Waals surface area contributed by atoms with E-state index in [2.05, 4.69) is 4.98 Å². The summed E-state index contributed by atoms with van der Waals surface area (Å²) in [5, 5.41) is 0.871. The summed E-state index contributed by atoms with van der Waals surface area (Å²) in [4.78, 5) is 47.8. The van der Waals surface area contributed by atoms with Crippen LogP contribution < -0.4 is 4.74 Å². The predicted molar refractivity (Wildman–Crippen MR) is 150 cm³/mol. The van der Waals surface area contributed by atoms with E-state index >= 15 is 0 Å². The highest BCUT2D eigenvalue weighted by atomic mass is 16.5. The Morgan fingerprint density at radius 3 is 2.49 bits per heavy atom. The molecule has 0 unspecified atom stereocenters. The van der Waals surface area contributed by atoms with E-state index in [1.807, 2.05) is 71.6 Å². The number of aromatic amines is 1. The van der Waals surface area contributed by atoms with Crippen molar-refractivity contribution in [2.45, 2.75) is 19.0 Å². The Morgan fingerprint density at radius 1 is 0.974 bits per heavy atom. The minimum atomic E-state index is -0.227. The summed E-state index contributed by atoms with van der Waals surface area (Å²) in [6, 6.07) is 24.5. The Labute approximate surface area is 227 Å². The summed E-state index contributed by atoms with van der Waals surface area (Å²) in [6.07, 6.45) is 0.608. The smallest absolute Gasteiger partial charge is 0.270 e. The molecule has 0 radical (unpaired) electrons. The first-order valence-corrected chi connectivity index (χ1v) is 12.9. The molecule has 0 aliphatic carbocycles. The summed E-state index contributed by atoms with van der Waals surface area (Å²) >= 11 is 0. The second-order valence-corrected chi connectivity index (χ2v) is 10.1. The quantitative estimate of drug-likeness (QED) is 0.396. The number of ether oxygens (including phenoxy) is 1. The van der Waals surface area contributed by atoms with Crippen LogP contribution in [0, 0.1) is 0 Å². The van der Waals surface area contributed by atoms with Gasteiger partial charge in [0.15, 0.2) is 0 Å². The molecule has 4 aromatic rings. The number of fused-ring (bicyclic) bond motifs is 1. The molecule has 1 saturated heterocycles. The second kappa shape index (κ2) is 11.0. The van der Waals surface area contributed by atoms with Gasteiger partial charge < -0.3 is 24.4 Å². The molecule has 1 aliphatic heterocycles. The van der Waals surface area contributed by atoms with Gasteiger partial charge in [0.05, 0.1) is 13.2 Å². The lowest BCUT2D eigenvalue weighted by Crippen LogP contribution is -2.58. The molecule has 1 N–H and O–H groups in total. The van der Waals surface area contributed by atoms with E-state index in [-0.39, 0.29) is 30.3 Å². The van der Waals surface area contributed by atoms with E-state index < -0.39 is 0 Å². The maximum Gasteiger partial charge on any atom is 0.270 e. The highest BCUT2D eigenvalue weighted by Crippen LogP contribution is 2.25. The molecule has 3 aromatic carbocycles. The number of piperazine rings is 1. The lowest BCUT2D eigenvalue weighted by molar-refractivity contribution is -0.139. The zero-order chi connectivity index (χ0) is 27.5. The van der Waals surface area contributed by atoms with Crippen LogP contribution in [0.15, 0.2) is 78.9 Å². The van der Waals surface area contributed by atoms with Gasteiger partial charge in [-0.25, -0.2) is 0 Å². The van der Waals surface area contributed by atoms with Gasteiger partial charge in [-0.1, -0.05) is 42.5 Å². The maximum absolute atomic E-state index is 13.6. The summed E-state index contributed by atoms with van der Waals surface area (Å²) in [6.45, 7) is 0.743. The van der Waals surface area contributed by atoms with Crippen LogP contribution in [0.25, 0.3) is 10.9 Å². The Balaban J connectivity index is 1.41. The van der Waals surface area contributed by atoms with E-state index in [0.29, 0.717) is 36.5 Å². The van der Waals surface area contributed by atoms with Gasteiger partial charge >= 0.3 is 0 Å². The van der Waals surface area contributed by atoms with Crippen LogP contribution in [-0.2, 0) is 17.8 Å². The van der Waals surface area contributed by atoms with Crippen molar-refractivity contribution in [2.75, 3.05) is 34.3 Å². The van der Waals surface area contributed by atoms with E-state index in [9.17, 15) is 14.4 Å². The molecule has 1 aromatic heterocycles. The lowest BCUT2D eigenvalue weighted by atomic mass is 10.00. The third-order valence-corrected chi connectivity index (χ3v) is 7.11. The van der Waals surface area contributed by atoms with Crippen LogP contribution in [-0.4, -0.2) is 77.7 Å². The summed E-state index contributed by atoms with van der Waals surface area (Å²) in [5.74, 6) is 0.284. The number of rotatable bonds is 7. The molecule has 0 bridgehead atoms. The van der Waals surface area contributed by atoms with Crippen LogP contribution in [0.2, 0.25) is 0 Å². The SMILES string of the molecule is COc1ccc2[nH]c(C(=O)N3CC(=O)N(Cc4cccc(C(=O)N(C)C)c4)[C@@H](Cc4ccccc4)C3)cc2c1. The Morgan fingerprint density at radius 2 is 1.74 bits per heavy atom. The largest absolute Gasteiger partial charge is 0.497 e. The van der Waals surface area contributed by atoms with Gasteiger partial charge in [-0.2, -0.15) is 0 Å². The number of H-pyrrole nitrogens is 1. The number of nitrogens with zero attached hydrogens (tertiary/aromatic N) is 3. The van der Waals surface area contributed by atoms with Gasteiger partial charge in [0.1, 0.15) is 18.0 Å². The van der Waals surface area contributed by atoms with Crippen LogP contribution in [0.3, 0.4) is 0 Å². The Bertz CT molecular complexity index is 1510. The van der Waals surface area contributed by atoms with Gasteiger partial charge in [-0.15, -0.1) is 0 Å². The third-order valence-electron chi connectivity index (χ3n) is 7.11. The summed E-state index contributed by atoms with van der Waals surface area (Å²) in [5.41, 5.74) is 3.81. The van der Waals surface area contributed by atoms with E-state index in [1.54, 1.807) is 38.2 Å².